The van der Waals surface area contributed by atoms with Gasteiger partial charge in [0.1, 0.15) is 5.82 Å². The van der Waals surface area contributed by atoms with Gasteiger partial charge in [0.05, 0.1) is 22.0 Å². The first-order valence-electron chi connectivity index (χ1n) is 9.74. The van der Waals surface area contributed by atoms with Crippen LogP contribution in [0.25, 0.3) is 0 Å². The second-order valence-corrected chi connectivity index (χ2v) is 9.68. The molecule has 2 aromatic carbocycles. The highest BCUT2D eigenvalue weighted by atomic mass is 35.5. The van der Waals surface area contributed by atoms with Gasteiger partial charge in [0.25, 0.3) is 0 Å². The molecule has 0 saturated carbocycles. The van der Waals surface area contributed by atoms with Gasteiger partial charge in [-0.25, -0.2) is 12.8 Å². The van der Waals surface area contributed by atoms with Crippen LogP contribution in [0, 0.1) is 5.82 Å². The summed E-state index contributed by atoms with van der Waals surface area (Å²) in [6.45, 7) is 5.06. The molecule has 6 nitrogen and oxygen atoms in total. The molecule has 0 spiro atoms. The van der Waals surface area contributed by atoms with Crippen molar-refractivity contribution < 1.29 is 17.6 Å². The van der Waals surface area contributed by atoms with Gasteiger partial charge in [-0.15, -0.1) is 0 Å². The van der Waals surface area contributed by atoms with Crippen molar-refractivity contribution in [3.05, 3.63) is 64.9 Å². The first-order valence-corrected chi connectivity index (χ1v) is 11.6. The average Bonchev–Trinajstić information content (AvgIpc) is 2.75. The maximum Gasteiger partial charge on any atom is 0.243 e. The Hall–Kier alpha value is -2.00. The van der Waals surface area contributed by atoms with E-state index < -0.39 is 15.8 Å². The van der Waals surface area contributed by atoms with Crippen molar-refractivity contribution in [1.29, 1.82) is 0 Å². The van der Waals surface area contributed by atoms with Crippen molar-refractivity contribution in [2.75, 3.05) is 26.2 Å². The Morgan fingerprint density at radius 1 is 1.07 bits per heavy atom. The molecule has 1 aliphatic rings. The second-order valence-electron chi connectivity index (χ2n) is 7.33. The number of hydrogen-bond acceptors (Lipinski definition) is 4. The van der Waals surface area contributed by atoms with Gasteiger partial charge >= 0.3 is 0 Å². The Balaban J connectivity index is 1.59. The summed E-state index contributed by atoms with van der Waals surface area (Å²) in [5.74, 6) is -0.766. The van der Waals surface area contributed by atoms with E-state index in [0.717, 1.165) is 17.7 Å². The molecule has 0 aromatic heterocycles. The van der Waals surface area contributed by atoms with Crippen molar-refractivity contribution in [1.82, 2.24) is 14.5 Å². The van der Waals surface area contributed by atoms with E-state index in [1.165, 1.54) is 10.4 Å². The standard InChI is InChI=1S/C21H25ClFN3O3S/c1-15(17-6-4-3-5-7-17)24-21(27)16(2)25-10-12-26(13-11-25)30(28,29)18-8-9-20(23)19(22)14-18/h3-9,14-16H,10-13H2,1-2H3,(H,24,27). The number of carbonyl (C=O) groups excluding carboxylic acids is 1. The third kappa shape index (κ3) is 5.00. The molecule has 2 unspecified atom stereocenters. The summed E-state index contributed by atoms with van der Waals surface area (Å²) in [6, 6.07) is 12.6. The molecule has 1 fully saturated rings. The molecule has 0 radical (unpaired) electrons. The fourth-order valence-electron chi connectivity index (χ4n) is 3.44. The van der Waals surface area contributed by atoms with E-state index in [1.807, 2.05) is 49.1 Å². The van der Waals surface area contributed by atoms with E-state index in [0.29, 0.717) is 13.1 Å². The number of halogens is 2. The predicted octanol–water partition coefficient (Wildman–Crippen LogP) is 3.05. The highest BCUT2D eigenvalue weighted by Gasteiger charge is 2.32. The lowest BCUT2D eigenvalue weighted by Crippen LogP contribution is -2.55. The minimum absolute atomic E-state index is 0.0372. The SMILES string of the molecule is CC(NC(=O)C(C)N1CCN(S(=O)(=O)c2ccc(F)c(Cl)c2)CC1)c1ccccc1. The van der Waals surface area contributed by atoms with Crippen LogP contribution in [-0.4, -0.2) is 55.8 Å². The Bertz CT molecular complexity index is 996. The van der Waals surface area contributed by atoms with Crippen LogP contribution in [0.1, 0.15) is 25.5 Å². The fourth-order valence-corrected chi connectivity index (χ4v) is 5.14. The van der Waals surface area contributed by atoms with Crippen LogP contribution in [0.5, 0.6) is 0 Å². The van der Waals surface area contributed by atoms with Gasteiger partial charge in [-0.3, -0.25) is 9.69 Å². The molecule has 1 aliphatic heterocycles. The molecule has 1 N–H and O–H groups in total. The number of nitrogens with one attached hydrogen (secondary N) is 1. The van der Waals surface area contributed by atoms with Gasteiger partial charge in [0.2, 0.25) is 15.9 Å². The number of carbonyl (C=O) groups is 1. The minimum Gasteiger partial charge on any atom is -0.348 e. The van der Waals surface area contributed by atoms with Crippen LogP contribution in [0.2, 0.25) is 5.02 Å². The Labute approximate surface area is 181 Å². The third-order valence-electron chi connectivity index (χ3n) is 5.39. The Morgan fingerprint density at radius 3 is 2.30 bits per heavy atom. The second kappa shape index (κ2) is 9.43. The van der Waals surface area contributed by atoms with E-state index in [4.69, 9.17) is 11.6 Å². The molecule has 0 bridgehead atoms. The molecule has 2 atom stereocenters. The smallest absolute Gasteiger partial charge is 0.243 e. The van der Waals surface area contributed by atoms with Crippen LogP contribution < -0.4 is 5.32 Å². The van der Waals surface area contributed by atoms with Crippen molar-refractivity contribution >= 4 is 27.5 Å². The minimum atomic E-state index is -3.77. The normalized spacial score (nSPS) is 18.0. The molecule has 1 amide bonds. The summed E-state index contributed by atoms with van der Waals surface area (Å²) in [5.41, 5.74) is 1.02. The molecule has 30 heavy (non-hydrogen) atoms. The molecule has 162 valence electrons. The van der Waals surface area contributed by atoms with Crippen LogP contribution in [-0.2, 0) is 14.8 Å². The van der Waals surface area contributed by atoms with Gasteiger partial charge in [0.15, 0.2) is 0 Å². The molecule has 1 saturated heterocycles. The number of piperazine rings is 1. The molecule has 0 aliphatic carbocycles. The summed E-state index contributed by atoms with van der Waals surface area (Å²) >= 11 is 5.73. The molecule has 1 heterocycles. The van der Waals surface area contributed by atoms with Gasteiger partial charge < -0.3 is 5.32 Å². The maximum atomic E-state index is 13.4. The van der Waals surface area contributed by atoms with Gasteiger partial charge in [-0.1, -0.05) is 41.9 Å². The van der Waals surface area contributed by atoms with Crippen LogP contribution >= 0.6 is 11.6 Å². The quantitative estimate of drug-likeness (QED) is 0.729. The van der Waals surface area contributed by atoms with E-state index in [-0.39, 0.29) is 41.0 Å². The monoisotopic (exact) mass is 453 g/mol. The van der Waals surface area contributed by atoms with Crippen molar-refractivity contribution in [3.8, 4) is 0 Å². The zero-order valence-corrected chi connectivity index (χ0v) is 18.5. The van der Waals surface area contributed by atoms with Crippen LogP contribution in [0.4, 0.5) is 4.39 Å². The zero-order valence-electron chi connectivity index (χ0n) is 16.9. The van der Waals surface area contributed by atoms with Crippen molar-refractivity contribution in [2.24, 2.45) is 0 Å². The molecular weight excluding hydrogens is 429 g/mol. The lowest BCUT2D eigenvalue weighted by molar-refractivity contribution is -0.127. The van der Waals surface area contributed by atoms with Crippen molar-refractivity contribution in [2.45, 2.75) is 30.8 Å². The van der Waals surface area contributed by atoms with E-state index in [2.05, 4.69) is 5.32 Å². The van der Waals surface area contributed by atoms with E-state index >= 15 is 0 Å². The summed E-state index contributed by atoms with van der Waals surface area (Å²) in [6.07, 6.45) is 0. The van der Waals surface area contributed by atoms with Crippen LogP contribution in [0.15, 0.2) is 53.4 Å². The number of rotatable bonds is 6. The number of nitrogens with zero attached hydrogens (tertiary/aromatic N) is 2. The number of amides is 1. The van der Waals surface area contributed by atoms with Crippen molar-refractivity contribution in [3.63, 3.8) is 0 Å². The fraction of sp³-hybridized carbons (Fsp3) is 0.381. The lowest BCUT2D eigenvalue weighted by Gasteiger charge is -2.37. The lowest BCUT2D eigenvalue weighted by atomic mass is 10.1. The Kier molecular flexibility index (Phi) is 7.13. The van der Waals surface area contributed by atoms with Gasteiger partial charge in [-0.2, -0.15) is 4.31 Å². The number of benzene rings is 2. The van der Waals surface area contributed by atoms with Crippen LogP contribution in [0.3, 0.4) is 0 Å². The molecule has 9 heteroatoms. The topological polar surface area (TPSA) is 69.7 Å². The summed E-state index contributed by atoms with van der Waals surface area (Å²) < 4.78 is 40.3. The Morgan fingerprint density at radius 2 is 1.70 bits per heavy atom. The predicted molar refractivity (Wildman–Crippen MR) is 114 cm³/mol. The zero-order chi connectivity index (χ0) is 21.9. The summed E-state index contributed by atoms with van der Waals surface area (Å²) in [4.78, 5) is 14.6. The number of hydrogen-bond donors (Lipinski definition) is 1. The van der Waals surface area contributed by atoms with Gasteiger partial charge in [0, 0.05) is 26.2 Å². The molecule has 2 aromatic rings. The molecule has 3 rings (SSSR count). The largest absolute Gasteiger partial charge is 0.348 e. The summed E-state index contributed by atoms with van der Waals surface area (Å²) in [5, 5.41) is 2.78. The van der Waals surface area contributed by atoms with E-state index in [9.17, 15) is 17.6 Å². The van der Waals surface area contributed by atoms with E-state index in [1.54, 1.807) is 0 Å². The summed E-state index contributed by atoms with van der Waals surface area (Å²) in [7, 11) is -3.77. The first-order chi connectivity index (χ1) is 14.2. The van der Waals surface area contributed by atoms with Gasteiger partial charge in [-0.05, 0) is 37.6 Å². The average molecular weight is 454 g/mol. The maximum absolute atomic E-state index is 13.4. The third-order valence-corrected chi connectivity index (χ3v) is 7.57. The number of sulfonamides is 1. The molecular formula is C21H25ClFN3O3S. The first kappa shape index (κ1) is 22.7. The highest BCUT2D eigenvalue weighted by molar-refractivity contribution is 7.89. The highest BCUT2D eigenvalue weighted by Crippen LogP contribution is 2.23.